The number of hydrogen-bond donors (Lipinski definition) is 0. The maximum absolute atomic E-state index is 13.1. The molecule has 4 aromatic carbocycles. The van der Waals surface area contributed by atoms with Crippen molar-refractivity contribution in [3.8, 4) is 11.5 Å². The van der Waals surface area contributed by atoms with Crippen molar-refractivity contribution in [3.63, 3.8) is 0 Å². The fourth-order valence-corrected chi connectivity index (χ4v) is 4.21. The molecule has 5 rings (SSSR count). The second-order valence-electron chi connectivity index (χ2n) is 8.22. The standard InChI is InChI=1S/C28H17BrN2O7/c29-19-7-11-21(12-8-19)38-22-13-14-23-24(15-22)27(33)30(26(23)32)20-9-5-17(6-10-20)28(34)37-16-18-3-1-2-4-25(18)31(35)36/h1-15H,16H2. The Balaban J connectivity index is 1.29. The molecular formula is C28H17BrN2O7. The number of anilines is 1. The molecule has 0 unspecified atom stereocenters. The van der Waals surface area contributed by atoms with Crippen molar-refractivity contribution in [1.82, 2.24) is 0 Å². The molecule has 188 valence electrons. The van der Waals surface area contributed by atoms with Crippen LogP contribution in [0.3, 0.4) is 0 Å². The Hall–Kier alpha value is -4.83. The van der Waals surface area contributed by atoms with Crippen molar-refractivity contribution < 1.29 is 28.8 Å². The maximum atomic E-state index is 13.1. The Morgan fingerprint density at radius 2 is 1.50 bits per heavy atom. The van der Waals surface area contributed by atoms with Gasteiger partial charge < -0.3 is 9.47 Å². The molecule has 0 atom stereocenters. The van der Waals surface area contributed by atoms with Crippen LogP contribution in [0.2, 0.25) is 0 Å². The average Bonchev–Trinajstić information content (AvgIpc) is 3.17. The first kappa shape index (κ1) is 24.8. The minimum absolute atomic E-state index is 0.147. The molecule has 0 saturated heterocycles. The van der Waals surface area contributed by atoms with E-state index >= 15 is 0 Å². The average molecular weight is 573 g/mol. The number of para-hydroxylation sites is 1. The van der Waals surface area contributed by atoms with E-state index < -0.39 is 22.7 Å². The van der Waals surface area contributed by atoms with Crippen molar-refractivity contribution in [2.24, 2.45) is 0 Å². The fraction of sp³-hybridized carbons (Fsp3) is 0.0357. The number of rotatable bonds is 7. The third kappa shape index (κ3) is 4.89. The van der Waals surface area contributed by atoms with Crippen LogP contribution in [-0.2, 0) is 11.3 Å². The number of esters is 1. The zero-order chi connectivity index (χ0) is 26.8. The highest BCUT2D eigenvalue weighted by atomic mass is 79.9. The van der Waals surface area contributed by atoms with Gasteiger partial charge in [0.2, 0.25) is 0 Å². The van der Waals surface area contributed by atoms with Crippen molar-refractivity contribution >= 4 is 45.1 Å². The third-order valence-corrected chi connectivity index (χ3v) is 6.34. The van der Waals surface area contributed by atoms with E-state index in [2.05, 4.69) is 15.9 Å². The number of nitro benzene ring substituents is 1. The van der Waals surface area contributed by atoms with E-state index in [-0.39, 0.29) is 40.2 Å². The zero-order valence-electron chi connectivity index (χ0n) is 19.5. The Bertz CT molecular complexity index is 1580. The number of nitro groups is 1. The summed E-state index contributed by atoms with van der Waals surface area (Å²) in [5.41, 5.74) is 1.00. The van der Waals surface area contributed by atoms with E-state index in [1.807, 2.05) is 12.1 Å². The van der Waals surface area contributed by atoms with Crippen LogP contribution in [0.5, 0.6) is 11.5 Å². The van der Waals surface area contributed by atoms with Crippen LogP contribution in [0.15, 0.2) is 95.5 Å². The molecule has 0 fully saturated rings. The van der Waals surface area contributed by atoms with E-state index in [0.29, 0.717) is 11.5 Å². The minimum Gasteiger partial charge on any atom is -0.457 e. The molecule has 1 aliphatic heterocycles. The number of hydrogen-bond acceptors (Lipinski definition) is 7. The van der Waals surface area contributed by atoms with Crippen molar-refractivity contribution in [2.45, 2.75) is 6.61 Å². The van der Waals surface area contributed by atoms with E-state index in [1.54, 1.807) is 24.3 Å². The van der Waals surface area contributed by atoms with Gasteiger partial charge in [-0.15, -0.1) is 0 Å². The maximum Gasteiger partial charge on any atom is 0.338 e. The Labute approximate surface area is 224 Å². The van der Waals surface area contributed by atoms with E-state index in [1.165, 1.54) is 54.6 Å². The number of fused-ring (bicyclic) bond motifs is 1. The van der Waals surface area contributed by atoms with Gasteiger partial charge in [0.25, 0.3) is 17.5 Å². The van der Waals surface area contributed by atoms with Crippen LogP contribution in [0.4, 0.5) is 11.4 Å². The predicted octanol–water partition coefficient (Wildman–Crippen LogP) is 6.31. The number of nitrogens with zero attached hydrogens (tertiary/aromatic N) is 2. The molecule has 0 aromatic heterocycles. The van der Waals surface area contributed by atoms with Gasteiger partial charge in [-0.05, 0) is 72.8 Å². The summed E-state index contributed by atoms with van der Waals surface area (Å²) in [6.45, 7) is -0.277. The fourth-order valence-electron chi connectivity index (χ4n) is 3.94. The number of carbonyl (C=O) groups is 3. The summed E-state index contributed by atoms with van der Waals surface area (Å²) in [7, 11) is 0. The molecule has 0 N–H and O–H groups in total. The quantitative estimate of drug-likeness (QED) is 0.110. The lowest BCUT2D eigenvalue weighted by molar-refractivity contribution is -0.385. The van der Waals surface area contributed by atoms with Crippen LogP contribution in [0.1, 0.15) is 36.6 Å². The van der Waals surface area contributed by atoms with Crippen molar-refractivity contribution in [3.05, 3.63) is 128 Å². The summed E-state index contributed by atoms with van der Waals surface area (Å²) in [6, 6.07) is 23.6. The number of halogens is 1. The summed E-state index contributed by atoms with van der Waals surface area (Å²) in [6.07, 6.45) is 0. The van der Waals surface area contributed by atoms with Crippen molar-refractivity contribution in [2.75, 3.05) is 4.90 Å². The minimum atomic E-state index is -0.702. The summed E-state index contributed by atoms with van der Waals surface area (Å²) < 4.78 is 11.9. The first-order valence-corrected chi connectivity index (χ1v) is 12.1. The molecule has 0 spiro atoms. The van der Waals surface area contributed by atoms with E-state index in [0.717, 1.165) is 9.37 Å². The third-order valence-electron chi connectivity index (χ3n) is 5.82. The van der Waals surface area contributed by atoms with Gasteiger partial charge in [0.1, 0.15) is 18.1 Å². The molecule has 0 bridgehead atoms. The lowest BCUT2D eigenvalue weighted by atomic mass is 10.1. The molecule has 0 radical (unpaired) electrons. The van der Waals surface area contributed by atoms with Gasteiger partial charge in [0.15, 0.2) is 0 Å². The van der Waals surface area contributed by atoms with Gasteiger partial charge in [-0.2, -0.15) is 0 Å². The van der Waals surface area contributed by atoms with Crippen LogP contribution < -0.4 is 9.64 Å². The largest absolute Gasteiger partial charge is 0.457 e. The predicted molar refractivity (Wildman–Crippen MR) is 140 cm³/mol. The van der Waals surface area contributed by atoms with Crippen LogP contribution >= 0.6 is 15.9 Å². The highest BCUT2D eigenvalue weighted by Gasteiger charge is 2.37. The van der Waals surface area contributed by atoms with Gasteiger partial charge in [-0.25, -0.2) is 9.69 Å². The Morgan fingerprint density at radius 1 is 0.842 bits per heavy atom. The van der Waals surface area contributed by atoms with Crippen molar-refractivity contribution in [1.29, 1.82) is 0 Å². The SMILES string of the molecule is O=C(OCc1ccccc1[N+](=O)[O-])c1ccc(N2C(=O)c3ccc(Oc4ccc(Br)cc4)cc3C2=O)cc1. The molecule has 1 aliphatic rings. The molecule has 9 nitrogen and oxygen atoms in total. The van der Waals surface area contributed by atoms with Crippen LogP contribution in [-0.4, -0.2) is 22.7 Å². The normalized spacial score (nSPS) is 12.3. The number of carbonyl (C=O) groups excluding carboxylic acids is 3. The molecule has 4 aromatic rings. The summed E-state index contributed by atoms with van der Waals surface area (Å²) in [5, 5.41) is 11.1. The topological polar surface area (TPSA) is 116 Å². The van der Waals surface area contributed by atoms with E-state index in [9.17, 15) is 24.5 Å². The monoisotopic (exact) mass is 572 g/mol. The lowest BCUT2D eigenvalue weighted by Crippen LogP contribution is -2.29. The summed E-state index contributed by atoms with van der Waals surface area (Å²) >= 11 is 3.36. The second kappa shape index (κ2) is 10.3. The molecule has 10 heteroatoms. The van der Waals surface area contributed by atoms with Gasteiger partial charge in [-0.3, -0.25) is 19.7 Å². The molecule has 0 aliphatic carbocycles. The zero-order valence-corrected chi connectivity index (χ0v) is 21.1. The first-order valence-electron chi connectivity index (χ1n) is 11.3. The van der Waals surface area contributed by atoms with Gasteiger partial charge >= 0.3 is 5.97 Å². The Kier molecular flexibility index (Phi) is 6.71. The number of imide groups is 1. The smallest absolute Gasteiger partial charge is 0.338 e. The molecule has 0 saturated carbocycles. The van der Waals surface area contributed by atoms with Gasteiger partial charge in [0.05, 0.1) is 32.9 Å². The lowest BCUT2D eigenvalue weighted by Gasteiger charge is -2.14. The summed E-state index contributed by atoms with van der Waals surface area (Å²) in [4.78, 5) is 50.2. The van der Waals surface area contributed by atoms with Gasteiger partial charge in [-0.1, -0.05) is 28.1 Å². The number of ether oxygens (including phenoxy) is 2. The highest BCUT2D eigenvalue weighted by Crippen LogP contribution is 2.33. The second-order valence-corrected chi connectivity index (χ2v) is 9.13. The summed E-state index contributed by atoms with van der Waals surface area (Å²) in [5.74, 6) is -0.728. The number of amides is 2. The van der Waals surface area contributed by atoms with Gasteiger partial charge in [0, 0.05) is 10.5 Å². The molecular weight excluding hydrogens is 556 g/mol. The Morgan fingerprint density at radius 3 is 2.21 bits per heavy atom. The first-order chi connectivity index (χ1) is 18.3. The van der Waals surface area contributed by atoms with E-state index in [4.69, 9.17) is 9.47 Å². The highest BCUT2D eigenvalue weighted by molar-refractivity contribution is 9.10. The number of benzene rings is 4. The van der Waals surface area contributed by atoms with Crippen LogP contribution in [0, 0.1) is 10.1 Å². The molecule has 2 amide bonds. The molecule has 38 heavy (non-hydrogen) atoms. The molecule has 1 heterocycles. The van der Waals surface area contributed by atoms with Crippen LogP contribution in [0.25, 0.3) is 0 Å².